The molecule has 2 atom stereocenters. The average molecular weight is 306 g/mol. The van der Waals surface area contributed by atoms with Gasteiger partial charge in [-0.3, -0.25) is 14.6 Å². The first-order valence-corrected chi connectivity index (χ1v) is 7.51. The zero-order chi connectivity index (χ0) is 15.9. The van der Waals surface area contributed by atoms with Crippen LogP contribution >= 0.6 is 0 Å². The normalized spacial score (nSPS) is 20.6. The molecule has 4 N–H and O–H groups in total. The van der Waals surface area contributed by atoms with E-state index in [9.17, 15) is 9.59 Å². The van der Waals surface area contributed by atoms with E-state index in [-0.39, 0.29) is 23.6 Å². The first-order chi connectivity index (χ1) is 10.6. The third kappa shape index (κ3) is 4.51. The van der Waals surface area contributed by atoms with Crippen molar-refractivity contribution in [1.29, 1.82) is 0 Å². The zero-order valence-corrected chi connectivity index (χ0v) is 12.7. The summed E-state index contributed by atoms with van der Waals surface area (Å²) >= 11 is 0. The van der Waals surface area contributed by atoms with Crippen LogP contribution in [0.5, 0.6) is 0 Å². The van der Waals surface area contributed by atoms with E-state index in [1.54, 1.807) is 12.1 Å². The van der Waals surface area contributed by atoms with Crippen LogP contribution in [0.4, 0.5) is 5.69 Å². The van der Waals surface area contributed by atoms with Crippen LogP contribution in [0.15, 0.2) is 18.3 Å². The molecule has 1 aliphatic heterocycles. The first kappa shape index (κ1) is 16.4. The molecule has 0 aromatic carbocycles. The van der Waals surface area contributed by atoms with Gasteiger partial charge in [0.1, 0.15) is 11.8 Å². The van der Waals surface area contributed by atoms with Gasteiger partial charge < -0.3 is 21.1 Å². The molecule has 1 aromatic heterocycles. The highest BCUT2D eigenvalue weighted by atomic mass is 16.5. The fourth-order valence-electron chi connectivity index (χ4n) is 2.25. The molecule has 1 aromatic rings. The van der Waals surface area contributed by atoms with Gasteiger partial charge in [-0.2, -0.15) is 0 Å². The maximum atomic E-state index is 12.1. The number of carbonyl (C=O) groups excluding carboxylic acids is 2. The van der Waals surface area contributed by atoms with Gasteiger partial charge in [0.25, 0.3) is 11.8 Å². The van der Waals surface area contributed by atoms with Crippen molar-refractivity contribution in [2.45, 2.75) is 38.4 Å². The minimum absolute atomic E-state index is 0.108. The minimum Gasteiger partial charge on any atom is -0.365 e. The summed E-state index contributed by atoms with van der Waals surface area (Å²) in [5.41, 5.74) is 6.17. The molecular formula is C15H22N4O3. The van der Waals surface area contributed by atoms with Gasteiger partial charge in [0.05, 0.1) is 6.10 Å². The lowest BCUT2D eigenvalue weighted by atomic mass is 10.2. The van der Waals surface area contributed by atoms with Crippen LogP contribution in [0.2, 0.25) is 0 Å². The molecule has 2 amide bonds. The van der Waals surface area contributed by atoms with Crippen molar-refractivity contribution in [3.05, 3.63) is 24.0 Å². The number of hydrogen-bond acceptors (Lipinski definition) is 5. The molecule has 1 aliphatic rings. The van der Waals surface area contributed by atoms with E-state index in [4.69, 9.17) is 10.5 Å². The van der Waals surface area contributed by atoms with Crippen LogP contribution in [-0.2, 0) is 9.53 Å². The standard InChI is InChI=1S/C15H22N4O3/c1-10-3-4-13(22-10)15(21)19-11-5-8-17-12(9-11)14(20)18-7-2-6-16/h5,8-10,13H,2-4,6-7,16H2,1H3,(H,18,20)(H,17,19,21). The summed E-state index contributed by atoms with van der Waals surface area (Å²) in [5, 5.41) is 5.49. The van der Waals surface area contributed by atoms with Crippen LogP contribution in [0.3, 0.4) is 0 Å². The van der Waals surface area contributed by atoms with Crippen molar-refractivity contribution in [1.82, 2.24) is 10.3 Å². The van der Waals surface area contributed by atoms with Gasteiger partial charge in [-0.05, 0) is 44.9 Å². The molecule has 120 valence electrons. The molecule has 0 saturated carbocycles. The Morgan fingerprint density at radius 1 is 1.45 bits per heavy atom. The Labute approximate surface area is 129 Å². The molecule has 0 spiro atoms. The van der Waals surface area contributed by atoms with Gasteiger partial charge in [0.2, 0.25) is 0 Å². The SMILES string of the molecule is CC1CCC(C(=O)Nc2ccnc(C(=O)NCCCN)c2)O1. The molecule has 2 rings (SSSR count). The Morgan fingerprint density at radius 2 is 2.27 bits per heavy atom. The fraction of sp³-hybridized carbons (Fsp3) is 0.533. The lowest BCUT2D eigenvalue weighted by Gasteiger charge is -2.12. The largest absolute Gasteiger partial charge is 0.365 e. The number of pyridine rings is 1. The van der Waals surface area contributed by atoms with E-state index in [0.29, 0.717) is 31.6 Å². The second kappa shape index (κ2) is 7.86. The summed E-state index contributed by atoms with van der Waals surface area (Å²) in [7, 11) is 0. The average Bonchev–Trinajstić information content (AvgIpc) is 2.94. The van der Waals surface area contributed by atoms with E-state index in [2.05, 4.69) is 15.6 Å². The van der Waals surface area contributed by atoms with Crippen LogP contribution in [0.1, 0.15) is 36.7 Å². The maximum Gasteiger partial charge on any atom is 0.269 e. The highest BCUT2D eigenvalue weighted by Crippen LogP contribution is 2.20. The molecule has 0 radical (unpaired) electrons. The van der Waals surface area contributed by atoms with Gasteiger partial charge in [-0.1, -0.05) is 0 Å². The summed E-state index contributed by atoms with van der Waals surface area (Å²) in [5.74, 6) is -0.472. The summed E-state index contributed by atoms with van der Waals surface area (Å²) in [4.78, 5) is 28.0. The molecule has 22 heavy (non-hydrogen) atoms. The lowest BCUT2D eigenvalue weighted by Crippen LogP contribution is -2.29. The van der Waals surface area contributed by atoms with Gasteiger partial charge >= 0.3 is 0 Å². The van der Waals surface area contributed by atoms with E-state index in [0.717, 1.165) is 6.42 Å². The van der Waals surface area contributed by atoms with Crippen LogP contribution in [0, 0.1) is 0 Å². The van der Waals surface area contributed by atoms with E-state index >= 15 is 0 Å². The number of rotatable bonds is 6. The topological polar surface area (TPSA) is 106 Å². The van der Waals surface area contributed by atoms with Crippen LogP contribution in [0.25, 0.3) is 0 Å². The molecule has 1 fully saturated rings. The Bertz CT molecular complexity index is 535. The van der Waals surface area contributed by atoms with E-state index in [1.165, 1.54) is 6.20 Å². The van der Waals surface area contributed by atoms with Crippen LogP contribution in [-0.4, -0.2) is 42.1 Å². The Balaban J connectivity index is 1.93. The second-order valence-electron chi connectivity index (χ2n) is 5.33. The maximum absolute atomic E-state index is 12.1. The van der Waals surface area contributed by atoms with Crippen molar-refractivity contribution >= 4 is 17.5 Å². The van der Waals surface area contributed by atoms with Crippen molar-refractivity contribution < 1.29 is 14.3 Å². The smallest absolute Gasteiger partial charge is 0.269 e. The van der Waals surface area contributed by atoms with Crippen molar-refractivity contribution in [3.8, 4) is 0 Å². The minimum atomic E-state index is -0.426. The number of anilines is 1. The van der Waals surface area contributed by atoms with E-state index in [1.807, 2.05) is 6.92 Å². The molecule has 0 aliphatic carbocycles. The van der Waals surface area contributed by atoms with Gasteiger partial charge in [-0.15, -0.1) is 0 Å². The fourth-order valence-corrected chi connectivity index (χ4v) is 2.25. The van der Waals surface area contributed by atoms with Crippen LogP contribution < -0.4 is 16.4 Å². The Kier molecular flexibility index (Phi) is 5.85. The van der Waals surface area contributed by atoms with Crippen molar-refractivity contribution in [2.75, 3.05) is 18.4 Å². The van der Waals surface area contributed by atoms with Gasteiger partial charge in [0.15, 0.2) is 0 Å². The first-order valence-electron chi connectivity index (χ1n) is 7.51. The predicted molar refractivity (Wildman–Crippen MR) is 82.4 cm³/mol. The Hall–Kier alpha value is -1.99. The summed E-state index contributed by atoms with van der Waals surface area (Å²) in [6.45, 7) is 2.97. The molecular weight excluding hydrogens is 284 g/mol. The van der Waals surface area contributed by atoms with Crippen molar-refractivity contribution in [2.24, 2.45) is 5.73 Å². The number of aromatic nitrogens is 1. The quantitative estimate of drug-likeness (QED) is 0.670. The highest BCUT2D eigenvalue weighted by molar-refractivity contribution is 5.97. The summed E-state index contributed by atoms with van der Waals surface area (Å²) in [6, 6.07) is 3.20. The molecule has 7 heteroatoms. The summed E-state index contributed by atoms with van der Waals surface area (Å²) < 4.78 is 5.52. The number of nitrogens with one attached hydrogen (secondary N) is 2. The molecule has 0 bridgehead atoms. The number of carbonyl (C=O) groups is 2. The molecule has 2 unspecified atom stereocenters. The molecule has 7 nitrogen and oxygen atoms in total. The van der Waals surface area contributed by atoms with Gasteiger partial charge in [0, 0.05) is 18.4 Å². The zero-order valence-electron chi connectivity index (χ0n) is 12.7. The predicted octanol–water partition coefficient (Wildman–Crippen LogP) is 0.666. The second-order valence-corrected chi connectivity index (χ2v) is 5.33. The molecule has 2 heterocycles. The monoisotopic (exact) mass is 306 g/mol. The Morgan fingerprint density at radius 3 is 2.95 bits per heavy atom. The third-order valence-corrected chi connectivity index (χ3v) is 3.45. The number of ether oxygens (including phenoxy) is 1. The van der Waals surface area contributed by atoms with Crippen molar-refractivity contribution in [3.63, 3.8) is 0 Å². The third-order valence-electron chi connectivity index (χ3n) is 3.45. The number of nitrogens with zero attached hydrogens (tertiary/aromatic N) is 1. The number of hydrogen-bond donors (Lipinski definition) is 3. The van der Waals surface area contributed by atoms with Gasteiger partial charge in [-0.25, -0.2) is 0 Å². The van der Waals surface area contributed by atoms with E-state index < -0.39 is 6.10 Å². The number of nitrogens with two attached hydrogens (primary N) is 1. The molecule has 1 saturated heterocycles. The summed E-state index contributed by atoms with van der Waals surface area (Å²) in [6.07, 6.45) is 3.47. The highest BCUT2D eigenvalue weighted by Gasteiger charge is 2.28. The number of amides is 2. The lowest BCUT2D eigenvalue weighted by molar-refractivity contribution is -0.126.